The number of aliphatic carboxylic acids is 2. The molecule has 0 spiro atoms. The van der Waals surface area contributed by atoms with Gasteiger partial charge >= 0.3 is 18.1 Å². The van der Waals surface area contributed by atoms with E-state index in [9.17, 15) is 47.0 Å². The number of nitrogens with one attached hydrogen (secondary N) is 3. The Bertz CT molecular complexity index is 1800. The number of alkyl halides is 3. The average Bonchev–Trinajstić information content (AvgIpc) is 4.00. The smallest absolute Gasteiger partial charge is 0.480 e. The number of halogens is 3. The van der Waals surface area contributed by atoms with Gasteiger partial charge in [-0.15, -0.1) is 11.3 Å². The Morgan fingerprint density at radius 3 is 1.97 bits per heavy atom. The van der Waals surface area contributed by atoms with Gasteiger partial charge in [0.1, 0.15) is 40.9 Å². The number of hydrogen-bond donors (Lipinski definition) is 6. The number of likely N-dealkylation sites (tertiary alicyclic amines) is 2. The first-order chi connectivity index (χ1) is 27.7. The molecular formula is C39H54F3N7O9S. The van der Waals surface area contributed by atoms with Crippen LogP contribution in [0.3, 0.4) is 0 Å². The standard InChI is InChI=1S/C37H53N7O7S.C2HF3O2/c1-6-21(3)29(38)34-41-26(20-52-34)32(46)39-23(5)31(45)40-25(19-24-13-9-8-10-14-24)35(48)43-17-11-15-27(43)33(47)42-30(22(4)7-2)36(49)44-18-12-16-28(44)37(50)51;3-2(4,5)1(6)7/h8-10,13-14,20-23,25,27-30H,6-7,11-12,15-19,38H2,1-5H3,(H,39,46)(H,40,45)(H,42,47)(H,50,51);(H,6,7)/t21-,22-,23-,25-,27-,28-,29-,30-;/m0./s1. The van der Waals surface area contributed by atoms with E-state index in [1.807, 2.05) is 58.0 Å². The molecule has 2 aliphatic heterocycles. The van der Waals surface area contributed by atoms with Gasteiger partial charge in [-0.25, -0.2) is 14.6 Å². The van der Waals surface area contributed by atoms with E-state index in [2.05, 4.69) is 20.9 Å². The maximum absolute atomic E-state index is 14.2. The van der Waals surface area contributed by atoms with Crippen molar-refractivity contribution in [3.63, 3.8) is 0 Å². The monoisotopic (exact) mass is 853 g/mol. The quantitative estimate of drug-likeness (QED) is 0.143. The molecule has 5 amide bonds. The normalized spacial score (nSPS) is 19.5. The molecule has 16 nitrogen and oxygen atoms in total. The number of benzene rings is 1. The van der Waals surface area contributed by atoms with Gasteiger partial charge in [-0.2, -0.15) is 13.2 Å². The summed E-state index contributed by atoms with van der Waals surface area (Å²) >= 11 is 1.29. The lowest BCUT2D eigenvalue weighted by Gasteiger charge is -2.33. The van der Waals surface area contributed by atoms with Crippen LogP contribution in [-0.4, -0.2) is 116 Å². The van der Waals surface area contributed by atoms with Gasteiger partial charge in [0.25, 0.3) is 5.91 Å². The summed E-state index contributed by atoms with van der Waals surface area (Å²) in [5.74, 6) is -6.48. The maximum Gasteiger partial charge on any atom is 0.490 e. The van der Waals surface area contributed by atoms with E-state index in [0.717, 1.165) is 12.0 Å². The van der Waals surface area contributed by atoms with Crippen molar-refractivity contribution in [2.75, 3.05) is 13.1 Å². The molecule has 59 heavy (non-hydrogen) atoms. The highest BCUT2D eigenvalue weighted by Crippen LogP contribution is 2.26. The summed E-state index contributed by atoms with van der Waals surface area (Å²) in [5, 5.41) is 27.4. The number of nitrogens with two attached hydrogens (primary N) is 1. The minimum absolute atomic E-state index is 0.138. The van der Waals surface area contributed by atoms with Crippen LogP contribution >= 0.6 is 11.3 Å². The van der Waals surface area contributed by atoms with Crippen molar-refractivity contribution in [3.8, 4) is 0 Å². The van der Waals surface area contributed by atoms with Crippen molar-refractivity contribution < 1.29 is 56.9 Å². The second-order valence-electron chi connectivity index (χ2n) is 14.8. The van der Waals surface area contributed by atoms with E-state index >= 15 is 0 Å². The molecule has 4 rings (SSSR count). The molecule has 7 N–H and O–H groups in total. The molecule has 0 bridgehead atoms. The fourth-order valence-electron chi connectivity index (χ4n) is 6.63. The number of carbonyl (C=O) groups excluding carboxylic acids is 5. The van der Waals surface area contributed by atoms with Crippen molar-refractivity contribution in [1.82, 2.24) is 30.7 Å². The number of carboxylic acids is 2. The largest absolute Gasteiger partial charge is 0.490 e. The third kappa shape index (κ3) is 13.2. The van der Waals surface area contributed by atoms with Gasteiger partial charge < -0.3 is 41.7 Å². The molecule has 1 aromatic carbocycles. The van der Waals surface area contributed by atoms with Gasteiger partial charge in [0.15, 0.2) is 0 Å². The number of nitrogens with zero attached hydrogens (tertiary/aromatic N) is 3. The lowest BCUT2D eigenvalue weighted by molar-refractivity contribution is -0.192. The third-order valence-electron chi connectivity index (χ3n) is 10.6. The topological polar surface area (TPSA) is 241 Å². The van der Waals surface area contributed by atoms with E-state index in [1.165, 1.54) is 28.1 Å². The van der Waals surface area contributed by atoms with E-state index in [0.29, 0.717) is 43.7 Å². The number of rotatable bonds is 16. The SMILES string of the molecule is CC[C@H](C)[C@H](NC(=O)[C@@H]1CCCN1C(=O)[C@H](Cc1ccccc1)NC(=O)[C@H](C)NC(=O)c1csc([C@@H](N)[C@@H](C)CC)n1)C(=O)N1CCC[C@H]1C(=O)O.O=C(O)C(F)(F)F. The van der Waals surface area contributed by atoms with Crippen LogP contribution in [0.5, 0.6) is 0 Å². The highest BCUT2D eigenvalue weighted by atomic mass is 32.1. The highest BCUT2D eigenvalue weighted by Gasteiger charge is 2.43. The number of carboxylic acid groups (broad SMARTS) is 2. The molecule has 2 aromatic rings. The van der Waals surface area contributed by atoms with Crippen LogP contribution in [0.4, 0.5) is 13.2 Å². The van der Waals surface area contributed by atoms with Crippen molar-refractivity contribution in [2.24, 2.45) is 17.6 Å². The average molecular weight is 854 g/mol. The van der Waals surface area contributed by atoms with E-state index in [1.54, 1.807) is 5.38 Å². The van der Waals surface area contributed by atoms with Gasteiger partial charge in [-0.05, 0) is 50.0 Å². The first-order valence-corrected chi connectivity index (χ1v) is 20.4. The van der Waals surface area contributed by atoms with Crippen LogP contribution < -0.4 is 21.7 Å². The van der Waals surface area contributed by atoms with Gasteiger partial charge in [0, 0.05) is 24.9 Å². The Labute approximate surface area is 344 Å². The van der Waals surface area contributed by atoms with Crippen LogP contribution in [0.1, 0.15) is 100 Å². The number of carbonyl (C=O) groups is 7. The highest BCUT2D eigenvalue weighted by molar-refractivity contribution is 7.09. The fourth-order valence-corrected chi connectivity index (χ4v) is 7.56. The van der Waals surface area contributed by atoms with E-state index in [-0.39, 0.29) is 36.5 Å². The first-order valence-electron chi connectivity index (χ1n) is 19.5. The summed E-state index contributed by atoms with van der Waals surface area (Å²) in [6.45, 7) is 9.84. The number of aromatic nitrogens is 1. The summed E-state index contributed by atoms with van der Waals surface area (Å²) in [4.78, 5) is 96.2. The van der Waals surface area contributed by atoms with Crippen LogP contribution in [0.25, 0.3) is 0 Å². The number of amides is 5. The van der Waals surface area contributed by atoms with Crippen molar-refractivity contribution >= 4 is 52.8 Å². The minimum Gasteiger partial charge on any atom is -0.480 e. The fraction of sp³-hybridized carbons (Fsp3) is 0.590. The first kappa shape index (κ1) is 48.3. The van der Waals surface area contributed by atoms with Gasteiger partial charge in [-0.3, -0.25) is 24.0 Å². The molecule has 2 aliphatic rings. The zero-order chi connectivity index (χ0) is 44.2. The zero-order valence-corrected chi connectivity index (χ0v) is 34.5. The predicted octanol–water partition coefficient (Wildman–Crippen LogP) is 3.27. The Kier molecular flexibility index (Phi) is 17.8. The Morgan fingerprint density at radius 2 is 1.42 bits per heavy atom. The van der Waals surface area contributed by atoms with Gasteiger partial charge in [0.05, 0.1) is 6.04 Å². The van der Waals surface area contributed by atoms with E-state index < -0.39 is 77.9 Å². The molecule has 20 heteroatoms. The van der Waals surface area contributed by atoms with Crippen molar-refractivity contribution in [1.29, 1.82) is 0 Å². The predicted molar refractivity (Wildman–Crippen MR) is 210 cm³/mol. The van der Waals surface area contributed by atoms with Crippen LogP contribution in [-0.2, 0) is 35.2 Å². The zero-order valence-electron chi connectivity index (χ0n) is 33.7. The molecule has 0 unspecified atom stereocenters. The summed E-state index contributed by atoms with van der Waals surface area (Å²) in [5.41, 5.74) is 7.23. The molecule has 0 saturated carbocycles. The Balaban J connectivity index is 0.00000122. The molecule has 8 atom stereocenters. The minimum atomic E-state index is -5.08. The molecule has 0 aliphatic carbocycles. The third-order valence-corrected chi connectivity index (χ3v) is 11.6. The van der Waals surface area contributed by atoms with Crippen LogP contribution in [0.15, 0.2) is 35.7 Å². The summed E-state index contributed by atoms with van der Waals surface area (Å²) in [6.07, 6.45) is -1.72. The molecule has 326 valence electrons. The molecule has 1 aromatic heterocycles. The molecular weight excluding hydrogens is 800 g/mol. The summed E-state index contributed by atoms with van der Waals surface area (Å²) < 4.78 is 31.7. The second kappa shape index (κ2) is 21.8. The lowest BCUT2D eigenvalue weighted by atomic mass is 9.96. The van der Waals surface area contributed by atoms with Gasteiger partial charge in [0.2, 0.25) is 23.6 Å². The molecule has 3 heterocycles. The Hall–Kier alpha value is -5.11. The maximum atomic E-state index is 14.2. The van der Waals surface area contributed by atoms with Crippen molar-refractivity contribution in [3.05, 3.63) is 52.0 Å². The number of thiazole rings is 1. The lowest BCUT2D eigenvalue weighted by Crippen LogP contribution is -2.59. The van der Waals surface area contributed by atoms with E-state index in [4.69, 9.17) is 15.6 Å². The second-order valence-corrected chi connectivity index (χ2v) is 15.7. The van der Waals surface area contributed by atoms with Crippen molar-refractivity contribution in [2.45, 2.75) is 122 Å². The Morgan fingerprint density at radius 1 is 0.864 bits per heavy atom. The molecule has 0 radical (unpaired) electrons. The summed E-state index contributed by atoms with van der Waals surface area (Å²) in [6, 6.07) is 3.97. The summed E-state index contributed by atoms with van der Waals surface area (Å²) in [7, 11) is 0. The molecule has 2 fully saturated rings. The van der Waals surface area contributed by atoms with Gasteiger partial charge in [-0.1, -0.05) is 70.9 Å². The number of hydrogen-bond acceptors (Lipinski definition) is 10. The molecule has 2 saturated heterocycles. The van der Waals surface area contributed by atoms with Crippen LogP contribution in [0.2, 0.25) is 0 Å². The van der Waals surface area contributed by atoms with Crippen LogP contribution in [0, 0.1) is 11.8 Å².